The van der Waals surface area contributed by atoms with Crippen LogP contribution in [0.1, 0.15) is 7.06 Å². The van der Waals surface area contributed by atoms with E-state index in [-0.39, 0.29) is 24.2 Å². The summed E-state index contributed by atoms with van der Waals surface area (Å²) >= 11 is 0. The number of rotatable bonds is 4. The Morgan fingerprint density at radius 2 is 2.29 bits per heavy atom. The van der Waals surface area contributed by atoms with Gasteiger partial charge >= 0.3 is 0 Å². The van der Waals surface area contributed by atoms with Crippen molar-refractivity contribution in [3.8, 4) is 5.88 Å². The molecule has 2 rings (SSSR count). The zero-order chi connectivity index (χ0) is 13.0. The summed E-state index contributed by atoms with van der Waals surface area (Å²) in [6, 6.07) is 6.34. The van der Waals surface area contributed by atoms with E-state index in [0.29, 0.717) is 5.69 Å². The smallest absolute Gasteiger partial charge is 0.287 e. The highest BCUT2D eigenvalue weighted by molar-refractivity contribution is 5.28. The zero-order valence-corrected chi connectivity index (χ0v) is 8.74. The van der Waals surface area contributed by atoms with Crippen LogP contribution >= 0.6 is 0 Å². The van der Waals surface area contributed by atoms with Gasteiger partial charge < -0.3 is 4.74 Å². The number of nitro groups is 1. The van der Waals surface area contributed by atoms with Crippen LogP contribution in [-0.4, -0.2) is 14.9 Å². The number of nitrogens with zero attached hydrogens (tertiary/aromatic N) is 3. The topological polar surface area (TPSA) is 78.2 Å². The Morgan fingerprint density at radius 3 is 2.94 bits per heavy atom. The van der Waals surface area contributed by atoms with Gasteiger partial charge in [0.1, 0.15) is 12.8 Å². The number of pyridine rings is 2. The molecule has 0 aliphatic heterocycles. The predicted octanol–water partition coefficient (Wildman–Crippen LogP) is 1.96. The summed E-state index contributed by atoms with van der Waals surface area (Å²) in [4.78, 5) is 17.7. The van der Waals surface area contributed by atoms with Crippen molar-refractivity contribution in [2.45, 2.75) is 6.61 Å². The molecular formula is C11H9N3O3. The third-order valence-electron chi connectivity index (χ3n) is 1.95. The van der Waals surface area contributed by atoms with Gasteiger partial charge in [0.2, 0.25) is 5.88 Å². The summed E-state index contributed by atoms with van der Waals surface area (Å²) in [5.41, 5.74) is 0.460. The number of ether oxygens (including phenoxy) is 1. The van der Waals surface area contributed by atoms with Crippen LogP contribution in [0.25, 0.3) is 0 Å². The van der Waals surface area contributed by atoms with Crippen molar-refractivity contribution in [3.05, 3.63) is 58.5 Å². The molecule has 0 aliphatic rings. The molecule has 0 amide bonds. The van der Waals surface area contributed by atoms with Gasteiger partial charge in [0, 0.05) is 18.3 Å². The lowest BCUT2D eigenvalue weighted by Gasteiger charge is -2.03. The number of hydrogen-bond donors (Lipinski definition) is 0. The van der Waals surface area contributed by atoms with Gasteiger partial charge in [0.25, 0.3) is 5.69 Å². The standard InChI is InChI=1S/C11H9N3O3/c15-14(16)10-4-5-11(13-7-10)17-8-9-3-1-2-6-12-9/h1-7H,8H2/i5D. The largest absolute Gasteiger partial charge is 0.471 e. The van der Waals surface area contributed by atoms with Crippen molar-refractivity contribution < 1.29 is 11.0 Å². The Balaban J connectivity index is 2.08. The van der Waals surface area contributed by atoms with Gasteiger partial charge in [-0.25, -0.2) is 4.98 Å². The molecule has 0 fully saturated rings. The van der Waals surface area contributed by atoms with E-state index in [1.54, 1.807) is 18.3 Å². The summed E-state index contributed by atoms with van der Waals surface area (Å²) in [5.74, 6) is 0.0475. The molecule has 0 N–H and O–H groups in total. The second-order valence-electron chi connectivity index (χ2n) is 3.14. The third-order valence-corrected chi connectivity index (χ3v) is 1.95. The number of aromatic nitrogens is 2. The maximum absolute atomic E-state index is 10.5. The maximum atomic E-state index is 10.5. The molecule has 0 atom stereocenters. The van der Waals surface area contributed by atoms with Crippen LogP contribution in [-0.2, 0) is 6.61 Å². The highest BCUT2D eigenvalue weighted by Gasteiger charge is 2.05. The first-order valence-corrected chi connectivity index (χ1v) is 4.80. The van der Waals surface area contributed by atoms with Crippen molar-refractivity contribution in [3.63, 3.8) is 0 Å². The van der Waals surface area contributed by atoms with E-state index in [4.69, 9.17) is 6.11 Å². The molecule has 2 aromatic rings. The minimum atomic E-state index is -0.604. The van der Waals surface area contributed by atoms with Crippen LogP contribution in [0.4, 0.5) is 5.69 Å². The van der Waals surface area contributed by atoms with Crippen LogP contribution in [0, 0.1) is 10.1 Å². The molecule has 0 saturated carbocycles. The first-order chi connectivity index (χ1) is 8.66. The lowest BCUT2D eigenvalue weighted by atomic mass is 10.4. The molecule has 0 bridgehead atoms. The fraction of sp³-hybridized carbons (Fsp3) is 0.0909. The Hall–Kier alpha value is -2.50. The van der Waals surface area contributed by atoms with E-state index < -0.39 is 4.92 Å². The number of hydrogen-bond acceptors (Lipinski definition) is 5. The molecule has 0 aliphatic carbocycles. The van der Waals surface area contributed by atoms with Gasteiger partial charge in [-0.1, -0.05) is 6.07 Å². The molecule has 2 heterocycles. The van der Waals surface area contributed by atoms with Crippen molar-refractivity contribution in [2.24, 2.45) is 0 Å². The molecule has 0 radical (unpaired) electrons. The summed E-state index contributed by atoms with van der Waals surface area (Å²) in [6.45, 7) is 0.164. The minimum absolute atomic E-state index is 0.0475. The molecule has 17 heavy (non-hydrogen) atoms. The Morgan fingerprint density at radius 1 is 1.41 bits per heavy atom. The van der Waals surface area contributed by atoms with Crippen LogP contribution < -0.4 is 4.74 Å². The first kappa shape index (κ1) is 9.71. The molecule has 2 aromatic heterocycles. The van der Waals surface area contributed by atoms with Crippen molar-refractivity contribution >= 4 is 5.69 Å². The Bertz CT molecular complexity index is 563. The Kier molecular flexibility index (Phi) is 2.87. The van der Waals surface area contributed by atoms with Gasteiger partial charge in [-0.15, -0.1) is 0 Å². The van der Waals surface area contributed by atoms with Crippen LogP contribution in [0.3, 0.4) is 0 Å². The van der Waals surface area contributed by atoms with Crippen LogP contribution in [0.2, 0.25) is 0 Å². The monoisotopic (exact) mass is 232 g/mol. The molecule has 6 heteroatoms. The van der Waals surface area contributed by atoms with Gasteiger partial charge in [-0.3, -0.25) is 15.1 Å². The van der Waals surface area contributed by atoms with Gasteiger partial charge in [0.05, 0.1) is 12.0 Å². The normalized spacial score (nSPS) is 10.7. The molecular weight excluding hydrogens is 222 g/mol. The third kappa shape index (κ3) is 2.97. The van der Waals surface area contributed by atoms with Gasteiger partial charge in [-0.2, -0.15) is 0 Å². The lowest BCUT2D eigenvalue weighted by Crippen LogP contribution is -1.99. The molecule has 0 saturated heterocycles. The van der Waals surface area contributed by atoms with Gasteiger partial charge in [0.15, 0.2) is 0 Å². The average molecular weight is 232 g/mol. The van der Waals surface area contributed by atoms with Crippen LogP contribution in [0.5, 0.6) is 5.88 Å². The van der Waals surface area contributed by atoms with E-state index in [1.807, 2.05) is 6.07 Å². The lowest BCUT2D eigenvalue weighted by molar-refractivity contribution is -0.385. The highest BCUT2D eigenvalue weighted by atomic mass is 16.6. The van der Waals surface area contributed by atoms with Crippen molar-refractivity contribution in [1.82, 2.24) is 9.97 Å². The molecule has 0 aromatic carbocycles. The fourth-order valence-electron chi connectivity index (χ4n) is 1.14. The first-order valence-electron chi connectivity index (χ1n) is 5.30. The summed E-state index contributed by atoms with van der Waals surface area (Å²) in [5, 5.41) is 10.5. The van der Waals surface area contributed by atoms with Crippen LogP contribution in [0.15, 0.2) is 42.7 Å². The quantitative estimate of drug-likeness (QED) is 0.594. The molecule has 86 valence electrons. The van der Waals surface area contributed by atoms with Gasteiger partial charge in [-0.05, 0) is 12.1 Å². The van der Waals surface area contributed by atoms with E-state index in [1.165, 1.54) is 0 Å². The molecule has 0 spiro atoms. The van der Waals surface area contributed by atoms with Crippen molar-refractivity contribution in [1.29, 1.82) is 0 Å². The Labute approximate surface area is 98.5 Å². The second kappa shape index (κ2) is 5.02. The summed E-state index contributed by atoms with van der Waals surface area (Å²) < 4.78 is 12.8. The fourth-order valence-corrected chi connectivity index (χ4v) is 1.14. The van der Waals surface area contributed by atoms with E-state index in [0.717, 1.165) is 12.3 Å². The zero-order valence-electron chi connectivity index (χ0n) is 9.74. The predicted molar refractivity (Wildman–Crippen MR) is 59.5 cm³/mol. The van der Waals surface area contributed by atoms with E-state index in [9.17, 15) is 10.1 Å². The minimum Gasteiger partial charge on any atom is -0.471 e. The maximum Gasteiger partial charge on any atom is 0.287 e. The second-order valence-corrected chi connectivity index (χ2v) is 3.14. The van der Waals surface area contributed by atoms with Crippen molar-refractivity contribution in [2.75, 3.05) is 0 Å². The van der Waals surface area contributed by atoms with E-state index in [2.05, 4.69) is 9.97 Å². The SMILES string of the molecule is [2H]c1cc([N+](=O)[O-])cnc1OCc1ccccn1. The molecule has 0 unspecified atom stereocenters. The van der Waals surface area contributed by atoms with E-state index >= 15 is 0 Å². The highest BCUT2D eigenvalue weighted by Crippen LogP contribution is 2.14. The average Bonchev–Trinajstić information content (AvgIpc) is 2.38. The summed E-state index contributed by atoms with van der Waals surface area (Å²) in [6.07, 6.45) is 2.69. The summed E-state index contributed by atoms with van der Waals surface area (Å²) in [7, 11) is 0. The molecule has 6 nitrogen and oxygen atoms in total.